The van der Waals surface area contributed by atoms with Gasteiger partial charge in [0.15, 0.2) is 0 Å². The summed E-state index contributed by atoms with van der Waals surface area (Å²) in [5.41, 5.74) is 4.35. The van der Waals surface area contributed by atoms with E-state index < -0.39 is 0 Å². The zero-order valence-electron chi connectivity index (χ0n) is 18.2. The molecule has 0 radical (unpaired) electrons. The molecule has 2 aromatic carbocycles. The number of piperazine rings is 1. The first-order valence-corrected chi connectivity index (χ1v) is 10.8. The molecular weight excluding hydrogens is 386 g/mol. The molecule has 160 valence electrons. The van der Waals surface area contributed by atoms with Gasteiger partial charge in [0.1, 0.15) is 5.82 Å². The van der Waals surface area contributed by atoms with Crippen LogP contribution in [0.4, 0.5) is 17.5 Å². The van der Waals surface area contributed by atoms with Crippen molar-refractivity contribution >= 4 is 23.4 Å². The second kappa shape index (κ2) is 9.60. The van der Waals surface area contributed by atoms with E-state index in [2.05, 4.69) is 46.4 Å². The Hall–Kier alpha value is -3.41. The Kier molecular flexibility index (Phi) is 6.46. The van der Waals surface area contributed by atoms with Gasteiger partial charge >= 0.3 is 0 Å². The number of nitrogens with zero attached hydrogens (tertiary/aromatic N) is 4. The largest absolute Gasteiger partial charge is 0.340 e. The number of hydrogen-bond acceptors (Lipinski definition) is 5. The van der Waals surface area contributed by atoms with Gasteiger partial charge in [-0.1, -0.05) is 48.0 Å². The lowest BCUT2D eigenvalue weighted by Crippen LogP contribution is -2.49. The van der Waals surface area contributed by atoms with Crippen molar-refractivity contribution in [3.63, 3.8) is 0 Å². The van der Waals surface area contributed by atoms with Crippen molar-refractivity contribution in [3.05, 3.63) is 77.5 Å². The Morgan fingerprint density at radius 1 is 0.935 bits per heavy atom. The summed E-state index contributed by atoms with van der Waals surface area (Å²) >= 11 is 0. The van der Waals surface area contributed by atoms with Crippen LogP contribution in [0.5, 0.6) is 0 Å². The zero-order chi connectivity index (χ0) is 21.6. The number of carbonyl (C=O) groups excluding carboxylic acids is 1. The van der Waals surface area contributed by atoms with Crippen LogP contribution in [0.1, 0.15) is 23.2 Å². The van der Waals surface area contributed by atoms with E-state index in [0.29, 0.717) is 25.5 Å². The summed E-state index contributed by atoms with van der Waals surface area (Å²) in [4.78, 5) is 26.1. The molecule has 1 fully saturated rings. The lowest BCUT2D eigenvalue weighted by Gasteiger charge is -2.35. The Bertz CT molecular complexity index is 1010. The van der Waals surface area contributed by atoms with Crippen LogP contribution in [-0.4, -0.2) is 47.0 Å². The summed E-state index contributed by atoms with van der Waals surface area (Å²) in [5.74, 6) is 1.72. The average molecular weight is 416 g/mol. The van der Waals surface area contributed by atoms with Gasteiger partial charge in [-0.15, -0.1) is 0 Å². The monoisotopic (exact) mass is 415 g/mol. The van der Waals surface area contributed by atoms with Gasteiger partial charge in [0.05, 0.1) is 0 Å². The fraction of sp³-hybridized carbons (Fsp3) is 0.320. The van der Waals surface area contributed by atoms with Gasteiger partial charge in [-0.05, 0) is 38.0 Å². The number of amides is 1. The third-order valence-electron chi connectivity index (χ3n) is 5.55. The second-order valence-electron chi connectivity index (χ2n) is 8.04. The van der Waals surface area contributed by atoms with Crippen LogP contribution >= 0.6 is 0 Å². The van der Waals surface area contributed by atoms with Crippen LogP contribution in [0, 0.1) is 13.8 Å². The molecule has 0 spiro atoms. The van der Waals surface area contributed by atoms with Gasteiger partial charge in [-0.3, -0.25) is 4.79 Å². The standard InChI is InChI=1S/C25H29N5O/c1-19-8-11-22(12-9-19)27-23-18-20(2)26-25(28-23)30-16-14-29(15-17-30)24(31)13-10-21-6-4-3-5-7-21/h3-9,11-12,18H,10,13-17H2,1-2H3,(H,26,27,28). The number of benzene rings is 2. The number of carbonyl (C=O) groups is 1. The SMILES string of the molecule is Cc1ccc(Nc2cc(C)nc(N3CCN(C(=O)CCc4ccccc4)CC3)n2)cc1. The number of rotatable bonds is 6. The van der Waals surface area contributed by atoms with Gasteiger partial charge in [-0.25, -0.2) is 4.98 Å². The molecule has 0 saturated carbocycles. The maximum atomic E-state index is 12.6. The van der Waals surface area contributed by atoms with E-state index >= 15 is 0 Å². The summed E-state index contributed by atoms with van der Waals surface area (Å²) in [6.07, 6.45) is 1.34. The molecule has 1 aliphatic rings. The van der Waals surface area contributed by atoms with Crippen LogP contribution < -0.4 is 10.2 Å². The van der Waals surface area contributed by atoms with E-state index in [1.807, 2.05) is 48.2 Å². The smallest absolute Gasteiger partial charge is 0.227 e. The van der Waals surface area contributed by atoms with E-state index in [4.69, 9.17) is 4.98 Å². The maximum Gasteiger partial charge on any atom is 0.227 e. The molecule has 4 rings (SSSR count). The summed E-state index contributed by atoms with van der Waals surface area (Å²) in [7, 11) is 0. The predicted octanol–water partition coefficient (Wildman–Crippen LogP) is 4.12. The van der Waals surface area contributed by atoms with Crippen LogP contribution in [0.25, 0.3) is 0 Å². The number of aryl methyl sites for hydroxylation is 3. The molecule has 1 saturated heterocycles. The number of hydrogen-bond donors (Lipinski definition) is 1. The van der Waals surface area contributed by atoms with E-state index in [1.165, 1.54) is 11.1 Å². The van der Waals surface area contributed by atoms with Crippen molar-refractivity contribution in [3.8, 4) is 0 Å². The molecule has 1 amide bonds. The van der Waals surface area contributed by atoms with Crippen LogP contribution in [-0.2, 0) is 11.2 Å². The van der Waals surface area contributed by atoms with Crippen molar-refractivity contribution in [1.29, 1.82) is 0 Å². The lowest BCUT2D eigenvalue weighted by atomic mass is 10.1. The Labute approximate surface area is 183 Å². The molecule has 0 atom stereocenters. The number of anilines is 3. The molecular formula is C25H29N5O. The van der Waals surface area contributed by atoms with Crippen LogP contribution in [0.3, 0.4) is 0 Å². The molecule has 0 unspecified atom stereocenters. The average Bonchev–Trinajstić information content (AvgIpc) is 2.79. The summed E-state index contributed by atoms with van der Waals surface area (Å²) in [5, 5.41) is 3.37. The molecule has 0 aliphatic carbocycles. The summed E-state index contributed by atoms with van der Waals surface area (Å²) in [6.45, 7) is 6.93. The van der Waals surface area contributed by atoms with Gasteiger partial charge in [-0.2, -0.15) is 4.98 Å². The minimum absolute atomic E-state index is 0.218. The van der Waals surface area contributed by atoms with Gasteiger partial charge in [0, 0.05) is 50.0 Å². The maximum absolute atomic E-state index is 12.6. The third-order valence-corrected chi connectivity index (χ3v) is 5.55. The summed E-state index contributed by atoms with van der Waals surface area (Å²) < 4.78 is 0. The second-order valence-corrected chi connectivity index (χ2v) is 8.04. The Morgan fingerprint density at radius 3 is 2.35 bits per heavy atom. The van der Waals surface area contributed by atoms with Crippen molar-refractivity contribution < 1.29 is 4.79 Å². The lowest BCUT2D eigenvalue weighted by molar-refractivity contribution is -0.131. The van der Waals surface area contributed by atoms with E-state index in [9.17, 15) is 4.79 Å². The van der Waals surface area contributed by atoms with Crippen molar-refractivity contribution in [1.82, 2.24) is 14.9 Å². The molecule has 1 aliphatic heterocycles. The van der Waals surface area contributed by atoms with Gasteiger partial charge < -0.3 is 15.1 Å². The highest BCUT2D eigenvalue weighted by molar-refractivity contribution is 5.76. The van der Waals surface area contributed by atoms with Gasteiger partial charge in [0.2, 0.25) is 11.9 Å². The molecule has 0 bridgehead atoms. The fourth-order valence-corrected chi connectivity index (χ4v) is 3.75. The van der Waals surface area contributed by atoms with Crippen molar-refractivity contribution in [2.24, 2.45) is 0 Å². The number of nitrogens with one attached hydrogen (secondary N) is 1. The topological polar surface area (TPSA) is 61.4 Å². The van der Waals surface area contributed by atoms with E-state index in [1.54, 1.807) is 0 Å². The normalized spacial score (nSPS) is 13.9. The van der Waals surface area contributed by atoms with Crippen LogP contribution in [0.15, 0.2) is 60.7 Å². The molecule has 3 aromatic rings. The first kappa shape index (κ1) is 20.8. The highest BCUT2D eigenvalue weighted by atomic mass is 16.2. The highest BCUT2D eigenvalue weighted by Crippen LogP contribution is 2.20. The van der Waals surface area contributed by atoms with Crippen LogP contribution in [0.2, 0.25) is 0 Å². The molecule has 6 nitrogen and oxygen atoms in total. The van der Waals surface area contributed by atoms with Crippen molar-refractivity contribution in [2.75, 3.05) is 36.4 Å². The third kappa shape index (κ3) is 5.60. The molecule has 2 heterocycles. The molecule has 1 N–H and O–H groups in total. The molecule has 1 aromatic heterocycles. The van der Waals surface area contributed by atoms with Crippen molar-refractivity contribution in [2.45, 2.75) is 26.7 Å². The number of aromatic nitrogens is 2. The zero-order valence-corrected chi connectivity index (χ0v) is 18.2. The first-order valence-electron chi connectivity index (χ1n) is 10.8. The minimum Gasteiger partial charge on any atom is -0.340 e. The fourth-order valence-electron chi connectivity index (χ4n) is 3.75. The van der Waals surface area contributed by atoms with E-state index in [-0.39, 0.29) is 5.91 Å². The Morgan fingerprint density at radius 2 is 1.65 bits per heavy atom. The van der Waals surface area contributed by atoms with Gasteiger partial charge in [0.25, 0.3) is 0 Å². The quantitative estimate of drug-likeness (QED) is 0.656. The predicted molar refractivity (Wildman–Crippen MR) is 125 cm³/mol. The minimum atomic E-state index is 0.218. The first-order chi connectivity index (χ1) is 15.1. The summed E-state index contributed by atoms with van der Waals surface area (Å²) in [6, 6.07) is 20.4. The molecule has 6 heteroatoms. The van der Waals surface area contributed by atoms with E-state index in [0.717, 1.165) is 36.7 Å². The highest BCUT2D eigenvalue weighted by Gasteiger charge is 2.23. The molecule has 31 heavy (non-hydrogen) atoms. The Balaban J connectivity index is 1.34.